The van der Waals surface area contributed by atoms with Crippen molar-refractivity contribution in [3.63, 3.8) is 0 Å². The molecular weight excluding hydrogens is 330 g/mol. The Morgan fingerprint density at radius 3 is 2.77 bits per heavy atom. The van der Waals surface area contributed by atoms with Gasteiger partial charge in [-0.15, -0.1) is 0 Å². The maximum absolute atomic E-state index is 12.2. The van der Waals surface area contributed by atoms with Crippen molar-refractivity contribution in [3.8, 4) is 0 Å². The van der Waals surface area contributed by atoms with E-state index in [1.54, 1.807) is 0 Å². The molecule has 0 saturated carbocycles. The third-order valence-electron chi connectivity index (χ3n) is 4.08. The van der Waals surface area contributed by atoms with Crippen molar-refractivity contribution in [2.75, 3.05) is 44.7 Å². The molecule has 2 rings (SSSR count). The summed E-state index contributed by atoms with van der Waals surface area (Å²) in [6.07, 6.45) is 2.18. The SMILES string of the molecule is CCNC(=NCc1cccc(NC(=O)N2CCCC2)c1)NCCOCC. The number of aliphatic imine (C=N–C) groups is 1. The van der Waals surface area contributed by atoms with Crippen LogP contribution >= 0.6 is 0 Å². The summed E-state index contributed by atoms with van der Waals surface area (Å²) < 4.78 is 5.33. The van der Waals surface area contributed by atoms with Crippen LogP contribution in [0.25, 0.3) is 0 Å². The van der Waals surface area contributed by atoms with E-state index in [9.17, 15) is 4.79 Å². The van der Waals surface area contributed by atoms with Gasteiger partial charge >= 0.3 is 6.03 Å². The molecule has 2 amide bonds. The molecule has 7 heteroatoms. The first-order valence-electron chi connectivity index (χ1n) is 9.47. The number of rotatable bonds is 8. The maximum atomic E-state index is 12.2. The zero-order valence-electron chi connectivity index (χ0n) is 15.9. The summed E-state index contributed by atoms with van der Waals surface area (Å²) in [7, 11) is 0. The second-order valence-corrected chi connectivity index (χ2v) is 6.14. The molecule has 0 atom stereocenters. The predicted molar refractivity (Wildman–Crippen MR) is 106 cm³/mol. The molecule has 1 fully saturated rings. The number of benzene rings is 1. The molecular formula is C19H31N5O2. The Hall–Kier alpha value is -2.28. The summed E-state index contributed by atoms with van der Waals surface area (Å²) in [5.74, 6) is 0.763. The number of nitrogens with one attached hydrogen (secondary N) is 3. The van der Waals surface area contributed by atoms with E-state index >= 15 is 0 Å². The van der Waals surface area contributed by atoms with Gasteiger partial charge in [-0.3, -0.25) is 0 Å². The Kier molecular flexibility index (Phi) is 8.75. The van der Waals surface area contributed by atoms with Crippen LogP contribution in [0.2, 0.25) is 0 Å². The van der Waals surface area contributed by atoms with E-state index in [1.807, 2.05) is 43.0 Å². The number of amides is 2. The fraction of sp³-hybridized carbons (Fsp3) is 0.579. The monoisotopic (exact) mass is 361 g/mol. The Bertz CT molecular complexity index is 585. The first-order chi connectivity index (χ1) is 12.7. The number of guanidine groups is 1. The quantitative estimate of drug-likeness (QED) is 0.377. The van der Waals surface area contributed by atoms with Crippen LogP contribution in [-0.4, -0.2) is 56.3 Å². The van der Waals surface area contributed by atoms with Gasteiger partial charge in [0.25, 0.3) is 0 Å². The van der Waals surface area contributed by atoms with Gasteiger partial charge < -0.3 is 25.6 Å². The van der Waals surface area contributed by atoms with E-state index in [0.29, 0.717) is 26.3 Å². The number of hydrogen-bond donors (Lipinski definition) is 3. The number of carbonyl (C=O) groups excluding carboxylic acids is 1. The van der Waals surface area contributed by atoms with Crippen LogP contribution in [0.4, 0.5) is 10.5 Å². The second-order valence-electron chi connectivity index (χ2n) is 6.14. The molecule has 1 aromatic rings. The van der Waals surface area contributed by atoms with Crippen LogP contribution in [0.3, 0.4) is 0 Å². The van der Waals surface area contributed by atoms with Gasteiger partial charge in [-0.1, -0.05) is 12.1 Å². The average Bonchev–Trinajstić information content (AvgIpc) is 3.18. The molecule has 1 aliphatic heterocycles. The van der Waals surface area contributed by atoms with Crippen molar-refractivity contribution in [1.29, 1.82) is 0 Å². The molecule has 26 heavy (non-hydrogen) atoms. The van der Waals surface area contributed by atoms with Gasteiger partial charge in [0.15, 0.2) is 5.96 Å². The molecule has 0 spiro atoms. The van der Waals surface area contributed by atoms with Crippen LogP contribution in [0.1, 0.15) is 32.3 Å². The number of carbonyl (C=O) groups is 1. The summed E-state index contributed by atoms with van der Waals surface area (Å²) in [6, 6.07) is 7.82. The van der Waals surface area contributed by atoms with Crippen LogP contribution in [0.5, 0.6) is 0 Å². The third-order valence-corrected chi connectivity index (χ3v) is 4.08. The highest BCUT2D eigenvalue weighted by Crippen LogP contribution is 2.14. The van der Waals surface area contributed by atoms with Gasteiger partial charge in [-0.25, -0.2) is 9.79 Å². The van der Waals surface area contributed by atoms with Crippen LogP contribution in [-0.2, 0) is 11.3 Å². The van der Waals surface area contributed by atoms with Crippen molar-refractivity contribution >= 4 is 17.7 Å². The average molecular weight is 361 g/mol. The predicted octanol–water partition coefficient (Wildman–Crippen LogP) is 2.41. The molecule has 0 aromatic heterocycles. The van der Waals surface area contributed by atoms with Gasteiger partial charge in [0, 0.05) is 38.5 Å². The minimum Gasteiger partial charge on any atom is -0.380 e. The number of nitrogens with zero attached hydrogens (tertiary/aromatic N) is 2. The van der Waals surface area contributed by atoms with E-state index in [2.05, 4.69) is 20.9 Å². The highest BCUT2D eigenvalue weighted by atomic mass is 16.5. The molecule has 144 valence electrons. The number of ether oxygens (including phenoxy) is 1. The first kappa shape index (κ1) is 20.0. The Morgan fingerprint density at radius 2 is 2.04 bits per heavy atom. The standard InChI is InChI=1S/C19H31N5O2/c1-3-20-18(21-10-13-26-4-2)22-15-16-8-7-9-17(14-16)23-19(25)24-11-5-6-12-24/h7-9,14H,3-6,10-13,15H2,1-2H3,(H,23,25)(H2,20,21,22). The lowest BCUT2D eigenvalue weighted by atomic mass is 10.2. The molecule has 1 aliphatic rings. The molecule has 0 radical (unpaired) electrons. The van der Waals surface area contributed by atoms with Crippen molar-refractivity contribution < 1.29 is 9.53 Å². The minimum atomic E-state index is -0.0194. The van der Waals surface area contributed by atoms with E-state index in [-0.39, 0.29) is 6.03 Å². The van der Waals surface area contributed by atoms with Crippen LogP contribution in [0, 0.1) is 0 Å². The highest BCUT2D eigenvalue weighted by molar-refractivity contribution is 5.89. The van der Waals surface area contributed by atoms with Crippen molar-refractivity contribution in [1.82, 2.24) is 15.5 Å². The number of urea groups is 1. The van der Waals surface area contributed by atoms with E-state index < -0.39 is 0 Å². The fourth-order valence-corrected chi connectivity index (χ4v) is 2.77. The smallest absolute Gasteiger partial charge is 0.321 e. The van der Waals surface area contributed by atoms with E-state index in [1.165, 1.54) is 0 Å². The van der Waals surface area contributed by atoms with Crippen LogP contribution < -0.4 is 16.0 Å². The van der Waals surface area contributed by atoms with Gasteiger partial charge in [-0.2, -0.15) is 0 Å². The highest BCUT2D eigenvalue weighted by Gasteiger charge is 2.17. The first-order valence-corrected chi connectivity index (χ1v) is 9.47. The fourth-order valence-electron chi connectivity index (χ4n) is 2.77. The maximum Gasteiger partial charge on any atom is 0.321 e. The summed E-state index contributed by atoms with van der Waals surface area (Å²) in [4.78, 5) is 18.7. The zero-order valence-corrected chi connectivity index (χ0v) is 15.9. The molecule has 0 unspecified atom stereocenters. The largest absolute Gasteiger partial charge is 0.380 e. The zero-order chi connectivity index (χ0) is 18.6. The van der Waals surface area contributed by atoms with Crippen molar-refractivity contribution in [2.45, 2.75) is 33.2 Å². The molecule has 1 heterocycles. The van der Waals surface area contributed by atoms with Crippen molar-refractivity contribution in [2.24, 2.45) is 4.99 Å². The van der Waals surface area contributed by atoms with Gasteiger partial charge in [0.05, 0.1) is 13.2 Å². The molecule has 7 nitrogen and oxygen atoms in total. The van der Waals surface area contributed by atoms with Gasteiger partial charge in [0.2, 0.25) is 0 Å². The molecule has 3 N–H and O–H groups in total. The Balaban J connectivity index is 1.89. The van der Waals surface area contributed by atoms with Gasteiger partial charge in [0.1, 0.15) is 0 Å². The van der Waals surface area contributed by atoms with Crippen LogP contribution in [0.15, 0.2) is 29.3 Å². The Labute approximate surface area is 156 Å². The minimum absolute atomic E-state index is 0.0194. The number of likely N-dealkylation sites (tertiary alicyclic amines) is 1. The summed E-state index contributed by atoms with van der Waals surface area (Å²) in [6.45, 7) is 9.12. The lowest BCUT2D eigenvalue weighted by molar-refractivity contribution is 0.152. The summed E-state index contributed by atoms with van der Waals surface area (Å²) in [5.41, 5.74) is 1.86. The van der Waals surface area contributed by atoms with Gasteiger partial charge in [-0.05, 0) is 44.4 Å². The molecule has 0 aliphatic carbocycles. The lowest BCUT2D eigenvalue weighted by Crippen LogP contribution is -2.39. The third kappa shape index (κ3) is 6.92. The normalized spacial score (nSPS) is 14.4. The number of anilines is 1. The summed E-state index contributed by atoms with van der Waals surface area (Å²) in [5, 5.41) is 9.44. The van der Waals surface area contributed by atoms with Crippen molar-refractivity contribution in [3.05, 3.63) is 29.8 Å². The lowest BCUT2D eigenvalue weighted by Gasteiger charge is -2.16. The molecule has 1 saturated heterocycles. The summed E-state index contributed by atoms with van der Waals surface area (Å²) >= 11 is 0. The van der Waals surface area contributed by atoms with E-state index in [4.69, 9.17) is 4.74 Å². The number of hydrogen-bond acceptors (Lipinski definition) is 3. The Morgan fingerprint density at radius 1 is 1.23 bits per heavy atom. The van der Waals surface area contributed by atoms with E-state index in [0.717, 1.165) is 49.7 Å². The topological polar surface area (TPSA) is 78.0 Å². The molecule has 0 bridgehead atoms. The molecule has 1 aromatic carbocycles. The second kappa shape index (κ2) is 11.4.